The summed E-state index contributed by atoms with van der Waals surface area (Å²) in [6, 6.07) is 15.4. The first-order chi connectivity index (χ1) is 22.9. The Morgan fingerprint density at radius 3 is 2.64 bits per heavy atom. The molecule has 1 aromatic heterocycles. The minimum absolute atomic E-state index is 0.0286. The number of amides is 3. The predicted molar refractivity (Wildman–Crippen MR) is 167 cm³/mol. The zero-order valence-corrected chi connectivity index (χ0v) is 25.7. The number of likely N-dealkylation sites (tertiary alicyclic amines) is 1. The Hall–Kier alpha value is -4.88. The number of aliphatic hydroxyl groups is 1. The van der Waals surface area contributed by atoms with Gasteiger partial charge in [0.2, 0.25) is 11.8 Å². The van der Waals surface area contributed by atoms with Crippen LogP contribution in [0.1, 0.15) is 30.9 Å². The van der Waals surface area contributed by atoms with E-state index in [-0.39, 0.29) is 51.7 Å². The number of nitrogens with one attached hydrogen (secondary N) is 1. The highest BCUT2D eigenvalue weighted by Gasteiger charge is 2.73. The second kappa shape index (κ2) is 12.7. The summed E-state index contributed by atoms with van der Waals surface area (Å²) >= 11 is 0. The van der Waals surface area contributed by atoms with E-state index in [2.05, 4.69) is 15.6 Å². The van der Waals surface area contributed by atoms with E-state index < -0.39 is 53.5 Å². The smallest absolute Gasteiger partial charge is 0.313 e. The van der Waals surface area contributed by atoms with Gasteiger partial charge in [-0.15, -0.1) is 5.10 Å². The third-order valence-electron chi connectivity index (χ3n) is 9.42. The van der Waals surface area contributed by atoms with Gasteiger partial charge < -0.3 is 29.7 Å². The fraction of sp³-hybridized carbons (Fsp3) is 0.412. The minimum atomic E-state index is -1.41. The average molecular weight is 641 g/mol. The van der Waals surface area contributed by atoms with Gasteiger partial charge in [0.25, 0.3) is 5.91 Å². The van der Waals surface area contributed by atoms with Crippen molar-refractivity contribution in [2.45, 2.75) is 49.8 Å². The lowest BCUT2D eigenvalue weighted by Crippen LogP contribution is -2.56. The molecular weight excluding hydrogens is 604 g/mol. The van der Waals surface area contributed by atoms with E-state index in [1.165, 1.54) is 4.90 Å². The van der Waals surface area contributed by atoms with Crippen molar-refractivity contribution in [3.8, 4) is 0 Å². The van der Waals surface area contributed by atoms with Crippen molar-refractivity contribution < 1.29 is 33.8 Å². The van der Waals surface area contributed by atoms with Gasteiger partial charge in [-0.05, 0) is 30.5 Å². The number of rotatable bonds is 6. The normalized spacial score (nSPS) is 30.1. The number of allylic oxidation sites excluding steroid dienone is 1. The van der Waals surface area contributed by atoms with Crippen molar-refractivity contribution in [1.29, 1.82) is 0 Å². The van der Waals surface area contributed by atoms with Crippen LogP contribution in [0.5, 0.6) is 0 Å². The van der Waals surface area contributed by atoms with Gasteiger partial charge in [0.05, 0.1) is 24.1 Å². The first-order valence-corrected chi connectivity index (χ1v) is 15.9. The van der Waals surface area contributed by atoms with Gasteiger partial charge in [-0.3, -0.25) is 19.2 Å². The molecule has 2 aromatic carbocycles. The number of para-hydroxylation sites is 1. The molecule has 2 fully saturated rings. The number of ether oxygens (including phenoxy) is 2. The van der Waals surface area contributed by atoms with E-state index >= 15 is 0 Å². The molecule has 5 bridgehead atoms. The molecule has 7 rings (SSSR count). The van der Waals surface area contributed by atoms with E-state index in [1.807, 2.05) is 66.7 Å². The van der Waals surface area contributed by atoms with Gasteiger partial charge in [-0.2, -0.15) is 0 Å². The van der Waals surface area contributed by atoms with Crippen LogP contribution >= 0.6 is 0 Å². The van der Waals surface area contributed by atoms with Crippen molar-refractivity contribution in [1.82, 2.24) is 30.1 Å². The lowest BCUT2D eigenvalue weighted by Gasteiger charge is -2.35. The highest BCUT2D eigenvalue weighted by atomic mass is 16.6. The van der Waals surface area contributed by atoms with Crippen molar-refractivity contribution in [3.63, 3.8) is 0 Å². The molecule has 3 amide bonds. The Balaban J connectivity index is 1.28. The highest BCUT2D eigenvalue weighted by Crippen LogP contribution is 2.55. The third-order valence-corrected chi connectivity index (χ3v) is 9.42. The number of esters is 1. The molecule has 0 saturated carbocycles. The summed E-state index contributed by atoms with van der Waals surface area (Å²) in [7, 11) is 0. The summed E-state index contributed by atoms with van der Waals surface area (Å²) in [5, 5.41) is 21.1. The number of hydrogen-bond donors (Lipinski definition) is 2. The Bertz CT molecular complexity index is 1740. The van der Waals surface area contributed by atoms with Gasteiger partial charge in [0, 0.05) is 26.1 Å². The highest BCUT2D eigenvalue weighted by molar-refractivity contribution is 5.99. The van der Waals surface area contributed by atoms with Crippen molar-refractivity contribution in [3.05, 3.63) is 84.5 Å². The number of hydrogen-bond acceptors (Lipinski definition) is 9. The van der Waals surface area contributed by atoms with Crippen LogP contribution in [0, 0.1) is 11.8 Å². The summed E-state index contributed by atoms with van der Waals surface area (Å²) in [5.74, 6) is -3.67. The molecular formula is C34H36N6O7. The Morgan fingerprint density at radius 2 is 1.81 bits per heavy atom. The lowest BCUT2D eigenvalue weighted by molar-refractivity contribution is -0.159. The number of nitrogens with zero attached hydrogens (tertiary/aromatic N) is 5. The van der Waals surface area contributed by atoms with E-state index in [0.717, 1.165) is 5.52 Å². The minimum Gasteiger partial charge on any atom is -0.455 e. The molecule has 13 heteroatoms. The van der Waals surface area contributed by atoms with Crippen LogP contribution in [-0.4, -0.2) is 97.6 Å². The predicted octanol–water partition coefficient (Wildman–Crippen LogP) is 1.50. The fourth-order valence-corrected chi connectivity index (χ4v) is 7.22. The van der Waals surface area contributed by atoms with Gasteiger partial charge in [-0.1, -0.05) is 72.0 Å². The molecule has 4 aliphatic heterocycles. The SMILES string of the molecule is O=C1CC/C=C\CN(Cn2nnc3ccccc32)C(=O)[C@H]2N(CCCO)C(=O)[C@@H]3[C@@H](C(=O)O[C@@H](c4ccccc4)CN1)[C@H]1C=C[C@]32O1. The van der Waals surface area contributed by atoms with E-state index in [0.29, 0.717) is 17.5 Å². The lowest BCUT2D eigenvalue weighted by atomic mass is 9.74. The van der Waals surface area contributed by atoms with E-state index in [4.69, 9.17) is 9.47 Å². The second-order valence-electron chi connectivity index (χ2n) is 12.2. The van der Waals surface area contributed by atoms with Crippen molar-refractivity contribution in [2.24, 2.45) is 11.8 Å². The molecule has 13 nitrogen and oxygen atoms in total. The third kappa shape index (κ3) is 5.48. The molecule has 244 valence electrons. The fourth-order valence-electron chi connectivity index (χ4n) is 7.22. The number of aromatic nitrogens is 3. The van der Waals surface area contributed by atoms with Crippen molar-refractivity contribution in [2.75, 3.05) is 26.2 Å². The largest absolute Gasteiger partial charge is 0.455 e. The standard InChI is InChI=1S/C34H36N6O7/c41-19-9-18-39-30-32(44)38(21-40-24-13-7-6-12-23(24)36-37-40)17-8-2-5-14-27(42)35-20-26(22-10-3-1-4-11-22)46-33(45)28-25-15-16-34(30,47-25)29(28)31(39)43/h1-4,6-8,10-13,15-16,25-26,28-30,41H,5,9,14,17-21H2,(H,35,42)/b8-2-/t25-,26-,28+,29+,30-,34+/m1/s1. The zero-order chi connectivity index (χ0) is 32.5. The van der Waals surface area contributed by atoms with E-state index in [1.54, 1.807) is 21.7 Å². The maximum atomic E-state index is 14.8. The monoisotopic (exact) mass is 640 g/mol. The quantitative estimate of drug-likeness (QED) is 0.301. The molecule has 0 radical (unpaired) electrons. The Labute approximate surface area is 270 Å². The van der Waals surface area contributed by atoms with Gasteiger partial charge in [-0.25, -0.2) is 4.68 Å². The van der Waals surface area contributed by atoms with Crippen molar-refractivity contribution >= 4 is 34.7 Å². The van der Waals surface area contributed by atoms with E-state index in [9.17, 15) is 24.3 Å². The van der Waals surface area contributed by atoms with Crippen LogP contribution in [0.25, 0.3) is 11.0 Å². The summed E-state index contributed by atoms with van der Waals surface area (Å²) in [6.45, 7) is 0.153. The van der Waals surface area contributed by atoms with Crippen LogP contribution in [0.4, 0.5) is 0 Å². The number of carbonyl (C=O) groups is 4. The van der Waals surface area contributed by atoms with Crippen LogP contribution in [-0.2, 0) is 35.3 Å². The molecule has 3 aromatic rings. The average Bonchev–Trinajstić information content (AvgIpc) is 3.84. The molecule has 5 heterocycles. The molecule has 0 aliphatic carbocycles. The topological polar surface area (TPSA) is 156 Å². The van der Waals surface area contributed by atoms with Gasteiger partial charge in [0.1, 0.15) is 35.9 Å². The zero-order valence-electron chi connectivity index (χ0n) is 25.7. The Kier molecular flexibility index (Phi) is 8.33. The maximum Gasteiger partial charge on any atom is 0.313 e. The summed E-state index contributed by atoms with van der Waals surface area (Å²) in [4.78, 5) is 58.8. The van der Waals surface area contributed by atoms with Crippen LogP contribution in [0.15, 0.2) is 78.9 Å². The van der Waals surface area contributed by atoms with Crippen LogP contribution in [0.2, 0.25) is 0 Å². The number of aliphatic hydroxyl groups excluding tert-OH is 1. The molecule has 4 aliphatic rings. The number of carbonyl (C=O) groups excluding carboxylic acids is 4. The summed E-state index contributed by atoms with van der Waals surface area (Å²) in [5.41, 5.74) is 0.685. The van der Waals surface area contributed by atoms with Gasteiger partial charge in [0.15, 0.2) is 0 Å². The molecule has 1 spiro atoms. The molecule has 47 heavy (non-hydrogen) atoms. The molecule has 6 atom stereocenters. The number of cyclic esters (lactones) is 1. The molecule has 0 unspecified atom stereocenters. The number of fused-ring (bicyclic) bond motifs is 3. The van der Waals surface area contributed by atoms with Gasteiger partial charge >= 0.3 is 5.97 Å². The Morgan fingerprint density at radius 1 is 1.00 bits per heavy atom. The first-order valence-electron chi connectivity index (χ1n) is 15.9. The van der Waals surface area contributed by atoms with Crippen LogP contribution < -0.4 is 5.32 Å². The molecule has 2 N–H and O–H groups in total. The van der Waals surface area contributed by atoms with Crippen LogP contribution in [0.3, 0.4) is 0 Å². The second-order valence-corrected chi connectivity index (χ2v) is 12.2. The molecule has 2 saturated heterocycles. The number of benzene rings is 2. The first kappa shape index (κ1) is 30.8. The summed E-state index contributed by atoms with van der Waals surface area (Å²) in [6.07, 6.45) is 6.41. The summed E-state index contributed by atoms with van der Waals surface area (Å²) < 4.78 is 14.2. The maximum absolute atomic E-state index is 14.8.